The van der Waals surface area contributed by atoms with Gasteiger partial charge in [0, 0.05) is 12.7 Å². The molecule has 0 fully saturated rings. The maximum absolute atomic E-state index is 12.4. The van der Waals surface area contributed by atoms with E-state index in [0.717, 1.165) is 4.68 Å². The summed E-state index contributed by atoms with van der Waals surface area (Å²) in [6.07, 6.45) is 0. The molecule has 1 aromatic heterocycles. The minimum atomic E-state index is -4.11. The topological polar surface area (TPSA) is 166 Å². The standard InChI is InChI=1S/C12H16N6O5S3/c1-14-7-10(19)15-8-3-5-9(6-4-8)26(22,23)17-11-18(2)16-12(24-11)25(13,20)21/h3-6,14H,7H2,1-2H3,(H,15,19)(H2,13,20,21)/b17-11+. The van der Waals surface area contributed by atoms with Crippen molar-refractivity contribution in [2.45, 2.75) is 9.24 Å². The molecule has 1 heterocycles. The molecular formula is C12H16N6O5S3. The number of aryl methyl sites for hydroxylation is 1. The summed E-state index contributed by atoms with van der Waals surface area (Å²) in [6, 6.07) is 5.38. The Morgan fingerprint density at radius 3 is 2.38 bits per heavy atom. The molecule has 0 radical (unpaired) electrons. The molecule has 0 saturated heterocycles. The van der Waals surface area contributed by atoms with Gasteiger partial charge in [0.1, 0.15) is 0 Å². The molecule has 2 rings (SSSR count). The number of benzene rings is 1. The van der Waals surface area contributed by atoms with Gasteiger partial charge in [-0.1, -0.05) is 11.3 Å². The number of carbonyl (C=O) groups is 1. The molecule has 0 unspecified atom stereocenters. The third-order valence-corrected chi connectivity index (χ3v) is 6.61. The predicted molar refractivity (Wildman–Crippen MR) is 94.2 cm³/mol. The first kappa shape index (κ1) is 20.2. The summed E-state index contributed by atoms with van der Waals surface area (Å²) < 4.78 is 51.5. The van der Waals surface area contributed by atoms with Crippen LogP contribution < -0.4 is 20.6 Å². The largest absolute Gasteiger partial charge is 0.325 e. The predicted octanol–water partition coefficient (Wildman–Crippen LogP) is -1.42. The molecule has 0 aliphatic carbocycles. The number of sulfonamides is 2. The number of aromatic nitrogens is 2. The third kappa shape index (κ3) is 4.95. The molecule has 142 valence electrons. The van der Waals surface area contributed by atoms with Crippen LogP contribution in [0.25, 0.3) is 0 Å². The zero-order valence-electron chi connectivity index (χ0n) is 13.7. The first-order valence-corrected chi connectivity index (χ1v) is 10.8. The second-order valence-electron chi connectivity index (χ2n) is 4.99. The number of hydrogen-bond donors (Lipinski definition) is 3. The van der Waals surface area contributed by atoms with Gasteiger partial charge < -0.3 is 10.6 Å². The Balaban J connectivity index is 2.34. The number of primary sulfonamides is 1. The summed E-state index contributed by atoms with van der Waals surface area (Å²) in [6.45, 7) is 0.115. The Morgan fingerprint density at radius 1 is 1.27 bits per heavy atom. The second kappa shape index (κ2) is 7.63. The molecule has 4 N–H and O–H groups in total. The van der Waals surface area contributed by atoms with Gasteiger partial charge in [-0.25, -0.2) is 18.2 Å². The van der Waals surface area contributed by atoms with Gasteiger partial charge in [0.15, 0.2) is 0 Å². The van der Waals surface area contributed by atoms with Crippen molar-refractivity contribution in [2.75, 3.05) is 18.9 Å². The molecule has 26 heavy (non-hydrogen) atoms. The van der Waals surface area contributed by atoms with Crippen LogP contribution in [0, 0.1) is 0 Å². The maximum Gasteiger partial charge on any atom is 0.285 e. The fourth-order valence-electron chi connectivity index (χ4n) is 1.75. The van der Waals surface area contributed by atoms with E-state index in [1.165, 1.54) is 31.3 Å². The molecule has 0 saturated carbocycles. The third-order valence-electron chi connectivity index (χ3n) is 2.90. The summed E-state index contributed by atoms with van der Waals surface area (Å²) in [5.41, 5.74) is 0.420. The number of rotatable bonds is 6. The molecule has 1 amide bonds. The molecule has 14 heteroatoms. The van der Waals surface area contributed by atoms with Crippen LogP contribution >= 0.6 is 11.3 Å². The summed E-state index contributed by atoms with van der Waals surface area (Å²) >= 11 is 0.534. The van der Waals surface area contributed by atoms with Gasteiger partial charge in [-0.2, -0.15) is 8.42 Å². The monoisotopic (exact) mass is 420 g/mol. The van der Waals surface area contributed by atoms with Crippen LogP contribution in [0.5, 0.6) is 0 Å². The lowest BCUT2D eigenvalue weighted by molar-refractivity contribution is -0.115. The van der Waals surface area contributed by atoms with Crippen LogP contribution in [0.15, 0.2) is 37.9 Å². The number of carbonyl (C=O) groups excluding carboxylic acids is 1. The van der Waals surface area contributed by atoms with Gasteiger partial charge >= 0.3 is 0 Å². The van der Waals surface area contributed by atoms with Crippen LogP contribution in [0.1, 0.15) is 0 Å². The van der Waals surface area contributed by atoms with Crippen LogP contribution in [0.3, 0.4) is 0 Å². The first-order valence-electron chi connectivity index (χ1n) is 6.95. The minimum Gasteiger partial charge on any atom is -0.325 e. The van der Waals surface area contributed by atoms with E-state index in [4.69, 9.17) is 5.14 Å². The summed E-state index contributed by atoms with van der Waals surface area (Å²) in [7, 11) is -5.20. The van der Waals surface area contributed by atoms with Crippen molar-refractivity contribution in [3.05, 3.63) is 29.1 Å². The summed E-state index contributed by atoms with van der Waals surface area (Å²) in [5, 5.41) is 13.9. The number of likely N-dealkylation sites (N-methyl/N-ethyl adjacent to an activating group) is 1. The van der Waals surface area contributed by atoms with Gasteiger partial charge in [0.05, 0.1) is 11.4 Å². The molecule has 2 aromatic rings. The van der Waals surface area contributed by atoms with E-state index in [1.54, 1.807) is 7.05 Å². The number of nitrogens with one attached hydrogen (secondary N) is 2. The van der Waals surface area contributed by atoms with Gasteiger partial charge in [0.2, 0.25) is 15.0 Å². The number of nitrogens with zero attached hydrogens (tertiary/aromatic N) is 3. The van der Waals surface area contributed by atoms with E-state index in [1.807, 2.05) is 0 Å². The first-order chi connectivity index (χ1) is 12.0. The SMILES string of the molecule is CNCC(=O)Nc1ccc(S(=O)(=O)/N=c2/sc(S(N)(=O)=O)nn2C)cc1. The molecule has 11 nitrogen and oxygen atoms in total. The fourth-order valence-corrected chi connectivity index (χ4v) is 4.52. The zero-order valence-corrected chi connectivity index (χ0v) is 16.2. The quantitative estimate of drug-likeness (QED) is 0.515. The molecule has 0 bridgehead atoms. The van der Waals surface area contributed by atoms with E-state index >= 15 is 0 Å². The average molecular weight is 420 g/mol. The van der Waals surface area contributed by atoms with Crippen molar-refractivity contribution in [2.24, 2.45) is 16.6 Å². The van der Waals surface area contributed by atoms with E-state index < -0.39 is 24.4 Å². The van der Waals surface area contributed by atoms with Gasteiger partial charge in [-0.3, -0.25) is 4.79 Å². The normalized spacial score (nSPS) is 13.0. The molecule has 0 atom stereocenters. The molecule has 0 spiro atoms. The highest BCUT2D eigenvalue weighted by Gasteiger charge is 2.18. The summed E-state index contributed by atoms with van der Waals surface area (Å²) in [4.78, 5) is 11.2. The fraction of sp³-hybridized carbons (Fsp3) is 0.250. The highest BCUT2D eigenvalue weighted by molar-refractivity contribution is 7.91. The number of amides is 1. The van der Waals surface area contributed by atoms with Crippen molar-refractivity contribution in [1.29, 1.82) is 0 Å². The van der Waals surface area contributed by atoms with Gasteiger partial charge in [-0.05, 0) is 31.3 Å². The summed E-state index contributed by atoms with van der Waals surface area (Å²) in [5.74, 6) is -0.278. The molecule has 0 aliphatic rings. The average Bonchev–Trinajstić information content (AvgIpc) is 2.88. The van der Waals surface area contributed by atoms with Crippen molar-refractivity contribution in [3.8, 4) is 0 Å². The van der Waals surface area contributed by atoms with Crippen LogP contribution in [0.2, 0.25) is 0 Å². The van der Waals surface area contributed by atoms with Crippen molar-refractivity contribution >= 4 is 43.0 Å². The molecular weight excluding hydrogens is 404 g/mol. The van der Waals surface area contributed by atoms with Crippen molar-refractivity contribution in [1.82, 2.24) is 15.1 Å². The Bertz CT molecular complexity index is 1080. The lowest BCUT2D eigenvalue weighted by Crippen LogP contribution is -2.25. The molecule has 1 aromatic carbocycles. The Labute approximate surface area is 153 Å². The Hall–Kier alpha value is -2.13. The second-order valence-corrected chi connectivity index (χ2v) is 9.28. The van der Waals surface area contributed by atoms with Crippen LogP contribution in [0.4, 0.5) is 5.69 Å². The van der Waals surface area contributed by atoms with Crippen molar-refractivity contribution < 1.29 is 21.6 Å². The van der Waals surface area contributed by atoms with E-state index in [-0.39, 0.29) is 22.1 Å². The minimum absolute atomic E-state index is 0.115. The van der Waals surface area contributed by atoms with E-state index in [2.05, 4.69) is 20.1 Å². The Morgan fingerprint density at radius 2 is 1.88 bits per heavy atom. The highest BCUT2D eigenvalue weighted by atomic mass is 32.2. The maximum atomic E-state index is 12.4. The smallest absolute Gasteiger partial charge is 0.285 e. The van der Waals surface area contributed by atoms with Crippen LogP contribution in [-0.2, 0) is 31.9 Å². The van der Waals surface area contributed by atoms with E-state index in [0.29, 0.717) is 17.0 Å². The number of anilines is 1. The number of nitrogens with two attached hydrogens (primary N) is 1. The Kier molecular flexibility index (Phi) is 5.92. The lowest BCUT2D eigenvalue weighted by Gasteiger charge is -2.05. The van der Waals surface area contributed by atoms with E-state index in [9.17, 15) is 21.6 Å². The number of hydrogen-bond acceptors (Lipinski definition) is 8. The molecule has 0 aliphatic heterocycles. The lowest BCUT2D eigenvalue weighted by atomic mass is 10.3. The zero-order chi connectivity index (χ0) is 19.5. The van der Waals surface area contributed by atoms with Gasteiger partial charge in [-0.15, -0.1) is 9.50 Å². The highest BCUT2D eigenvalue weighted by Crippen LogP contribution is 2.16. The van der Waals surface area contributed by atoms with Gasteiger partial charge in [0.25, 0.3) is 20.0 Å². The van der Waals surface area contributed by atoms with Crippen molar-refractivity contribution in [3.63, 3.8) is 0 Å². The van der Waals surface area contributed by atoms with Crippen LogP contribution in [-0.4, -0.2) is 46.1 Å².